The number of hydrogen-bond donors (Lipinski definition) is 2. The van der Waals surface area contributed by atoms with Crippen molar-refractivity contribution in [3.63, 3.8) is 0 Å². The minimum Gasteiger partial charge on any atom is -0.447 e. The third-order valence-electron chi connectivity index (χ3n) is 1.69. The molecule has 0 saturated heterocycles. The van der Waals surface area contributed by atoms with E-state index in [0.29, 0.717) is 11.4 Å². The van der Waals surface area contributed by atoms with Crippen LogP contribution in [0.15, 0.2) is 18.2 Å². The molecule has 0 aliphatic heterocycles. The molecule has 0 saturated carbocycles. The van der Waals surface area contributed by atoms with Crippen molar-refractivity contribution in [2.24, 2.45) is 0 Å². The van der Waals surface area contributed by atoms with Gasteiger partial charge >= 0.3 is 11.8 Å². The van der Waals surface area contributed by atoms with Crippen molar-refractivity contribution >= 4 is 11.8 Å². The van der Waals surface area contributed by atoms with Gasteiger partial charge in [-0.25, -0.2) is 15.8 Å². The molecule has 0 aromatic carbocycles. The lowest BCUT2D eigenvalue weighted by atomic mass is 10.3. The van der Waals surface area contributed by atoms with Crippen molar-refractivity contribution in [2.45, 2.75) is 0 Å². The van der Waals surface area contributed by atoms with Crippen LogP contribution in [-0.2, 0) is 9.47 Å². The van der Waals surface area contributed by atoms with Gasteiger partial charge in [0.2, 0.25) is 0 Å². The summed E-state index contributed by atoms with van der Waals surface area (Å²) in [6.45, 7) is 0. The van der Waals surface area contributed by atoms with Crippen LogP contribution < -0.4 is 10.8 Å². The fraction of sp³-hybridized carbons (Fsp3) is 0.222. The molecule has 0 amide bonds. The molecule has 5 nitrogen and oxygen atoms in total. The summed E-state index contributed by atoms with van der Waals surface area (Å²) in [6, 6.07) is 5.23. The Bertz CT molecular complexity index is 332. The Kier molecular flexibility index (Phi) is 3.17. The first-order valence-electron chi connectivity index (χ1n) is 3.99. The average Bonchev–Trinajstić information content (AvgIpc) is 2.27. The van der Waals surface area contributed by atoms with Crippen molar-refractivity contribution in [1.29, 1.82) is 0 Å². The van der Waals surface area contributed by atoms with E-state index in [2.05, 4.69) is 4.98 Å². The van der Waals surface area contributed by atoms with Crippen molar-refractivity contribution in [3.05, 3.63) is 29.6 Å². The number of aromatic nitrogens is 1. The maximum atomic E-state index is 5.55. The van der Waals surface area contributed by atoms with Gasteiger partial charge in [0.15, 0.2) is 11.4 Å². The highest BCUT2D eigenvalue weighted by Crippen LogP contribution is 1.99. The number of rotatable bonds is 2. The summed E-state index contributed by atoms with van der Waals surface area (Å²) in [4.78, 5) is 4.14. The predicted octanol–water partition coefficient (Wildman–Crippen LogP) is -2.61. The molecule has 0 unspecified atom stereocenters. The molecule has 5 heteroatoms. The summed E-state index contributed by atoms with van der Waals surface area (Å²) in [7, 11) is 2.96. The average molecular weight is 195 g/mol. The van der Waals surface area contributed by atoms with Crippen molar-refractivity contribution in [3.8, 4) is 0 Å². The van der Waals surface area contributed by atoms with E-state index in [-0.39, 0.29) is 11.8 Å². The Morgan fingerprint density at radius 1 is 1.07 bits per heavy atom. The molecule has 0 fully saturated rings. The quantitative estimate of drug-likeness (QED) is 0.400. The summed E-state index contributed by atoms with van der Waals surface area (Å²) >= 11 is 0. The van der Waals surface area contributed by atoms with Gasteiger partial charge in [0, 0.05) is 0 Å². The summed E-state index contributed by atoms with van der Waals surface area (Å²) in [6.07, 6.45) is 0. The highest BCUT2D eigenvalue weighted by Gasteiger charge is 2.13. The van der Waals surface area contributed by atoms with E-state index in [1.807, 2.05) is 0 Å². The number of nitrogens with zero attached hydrogens (tertiary/aromatic N) is 1. The Balaban J connectivity index is 3.01. The summed E-state index contributed by atoms with van der Waals surface area (Å²) in [5, 5.41) is 11.1. The highest BCUT2D eigenvalue weighted by molar-refractivity contribution is 5.91. The third-order valence-corrected chi connectivity index (χ3v) is 1.69. The summed E-state index contributed by atoms with van der Waals surface area (Å²) < 4.78 is 9.69. The number of nitrogens with two attached hydrogens (primary N) is 2. The molecule has 74 valence electrons. The highest BCUT2D eigenvalue weighted by atomic mass is 16.5. The van der Waals surface area contributed by atoms with Crippen molar-refractivity contribution in [2.75, 3.05) is 14.2 Å². The summed E-state index contributed by atoms with van der Waals surface area (Å²) in [5.74, 6) is 0.492. The monoisotopic (exact) mass is 195 g/mol. The Labute approximate surface area is 81.7 Å². The van der Waals surface area contributed by atoms with Crippen LogP contribution >= 0.6 is 0 Å². The van der Waals surface area contributed by atoms with E-state index < -0.39 is 0 Å². The van der Waals surface area contributed by atoms with Crippen LogP contribution in [0.3, 0.4) is 0 Å². The van der Waals surface area contributed by atoms with E-state index in [9.17, 15) is 0 Å². The minimum atomic E-state index is 0.246. The molecule has 0 radical (unpaired) electrons. The van der Waals surface area contributed by atoms with Gasteiger partial charge in [-0.2, -0.15) is 0 Å². The normalized spacial score (nSPS) is 9.29. The first-order valence-corrected chi connectivity index (χ1v) is 3.99. The minimum absolute atomic E-state index is 0.246. The molecule has 1 rings (SSSR count). The van der Waals surface area contributed by atoms with E-state index >= 15 is 0 Å². The van der Waals surface area contributed by atoms with Gasteiger partial charge in [0.05, 0.1) is 14.2 Å². The second-order valence-corrected chi connectivity index (χ2v) is 2.54. The Morgan fingerprint density at radius 2 is 1.50 bits per heavy atom. The van der Waals surface area contributed by atoms with Gasteiger partial charge in [-0.3, -0.25) is 0 Å². The number of methoxy groups -OCH3 is 2. The molecular formula is C9H13N3O2+2. The van der Waals surface area contributed by atoms with Gasteiger partial charge < -0.3 is 9.47 Å². The lowest BCUT2D eigenvalue weighted by Gasteiger charge is -1.98. The van der Waals surface area contributed by atoms with Gasteiger partial charge in [0.1, 0.15) is 0 Å². The van der Waals surface area contributed by atoms with E-state index in [1.165, 1.54) is 14.2 Å². The molecule has 14 heavy (non-hydrogen) atoms. The fourth-order valence-electron chi connectivity index (χ4n) is 0.918. The lowest BCUT2D eigenvalue weighted by molar-refractivity contribution is -0.136. The zero-order valence-corrected chi connectivity index (χ0v) is 8.15. The maximum Gasteiger partial charge on any atom is 0.385 e. The van der Waals surface area contributed by atoms with Crippen LogP contribution in [0.2, 0.25) is 0 Å². The maximum absolute atomic E-state index is 5.55. The summed E-state index contributed by atoms with van der Waals surface area (Å²) in [5.41, 5.74) is 1.06. The van der Waals surface area contributed by atoms with Gasteiger partial charge in [-0.15, -0.1) is 0 Å². The smallest absolute Gasteiger partial charge is 0.385 e. The second kappa shape index (κ2) is 4.36. The predicted molar refractivity (Wildman–Crippen MR) is 50.3 cm³/mol. The van der Waals surface area contributed by atoms with E-state index in [0.717, 1.165) is 0 Å². The van der Waals surface area contributed by atoms with Gasteiger partial charge in [-0.05, 0) is 12.1 Å². The number of hydrogen-bond acceptors (Lipinski definition) is 3. The lowest BCUT2D eigenvalue weighted by Crippen LogP contribution is -2.44. The standard InChI is InChI=1S/C9H11N3O2/c1-13-8(10)6-4-3-5-7(12-6)9(11)14-2/h3-5,10-11H,1-2H3/p+2. The van der Waals surface area contributed by atoms with Gasteiger partial charge in [-0.1, -0.05) is 6.07 Å². The van der Waals surface area contributed by atoms with E-state index in [1.54, 1.807) is 18.2 Å². The molecule has 0 aliphatic rings. The topological polar surface area (TPSA) is 82.5 Å². The van der Waals surface area contributed by atoms with Crippen molar-refractivity contribution < 1.29 is 20.3 Å². The van der Waals surface area contributed by atoms with Crippen molar-refractivity contribution in [1.82, 2.24) is 4.98 Å². The third kappa shape index (κ3) is 2.07. The number of pyridine rings is 1. The van der Waals surface area contributed by atoms with Crippen LogP contribution in [0, 0.1) is 0 Å². The molecule has 4 N–H and O–H groups in total. The van der Waals surface area contributed by atoms with Crippen LogP contribution in [0.1, 0.15) is 11.4 Å². The van der Waals surface area contributed by atoms with Gasteiger partial charge in [0.25, 0.3) is 0 Å². The molecule has 0 aliphatic carbocycles. The van der Waals surface area contributed by atoms with Crippen LogP contribution in [0.25, 0.3) is 0 Å². The Hall–Kier alpha value is -1.91. The largest absolute Gasteiger partial charge is 0.447 e. The Morgan fingerprint density at radius 3 is 1.86 bits per heavy atom. The number of ether oxygens (including phenoxy) is 2. The molecule has 1 heterocycles. The molecule has 0 bridgehead atoms. The molecule has 1 aromatic heterocycles. The zero-order valence-electron chi connectivity index (χ0n) is 8.15. The van der Waals surface area contributed by atoms with Crippen LogP contribution in [0.5, 0.6) is 0 Å². The molecule has 0 spiro atoms. The zero-order chi connectivity index (χ0) is 10.6. The molecule has 0 atom stereocenters. The molecule has 1 aromatic rings. The van der Waals surface area contributed by atoms with Crippen LogP contribution in [-0.4, -0.2) is 31.0 Å². The first-order chi connectivity index (χ1) is 6.69. The second-order valence-electron chi connectivity index (χ2n) is 2.54. The van der Waals surface area contributed by atoms with Crippen LogP contribution in [0.4, 0.5) is 0 Å². The first kappa shape index (κ1) is 10.2. The fourth-order valence-corrected chi connectivity index (χ4v) is 0.918. The SMILES string of the molecule is COC(=[NH2+])c1cccc(C(=[NH2+])OC)n1. The van der Waals surface area contributed by atoms with E-state index in [4.69, 9.17) is 20.3 Å². The molecular weight excluding hydrogens is 182 g/mol.